The molecule has 0 saturated heterocycles. The molecule has 2 heterocycles. The first-order valence-electron chi connectivity index (χ1n) is 8.63. The van der Waals surface area contributed by atoms with Crippen molar-refractivity contribution in [2.75, 3.05) is 6.54 Å². The molecule has 1 N–H and O–H groups in total. The standard InChI is InChI=1S/C19H19NO6S2/c1-2-13-5-6-15-14(11-18(22)26-16(15)10-13)12-25-17(21)7-8-20-28(23,24)19-4-3-9-27-19/h3-6,9-11,20H,2,7-8,12H2,1H3. The summed E-state index contributed by atoms with van der Waals surface area (Å²) in [7, 11) is -3.61. The van der Waals surface area contributed by atoms with Gasteiger partial charge in [-0.15, -0.1) is 11.3 Å². The predicted molar refractivity (Wildman–Crippen MR) is 106 cm³/mol. The number of aryl methyl sites for hydroxylation is 1. The first-order chi connectivity index (χ1) is 13.4. The minimum Gasteiger partial charge on any atom is -0.461 e. The van der Waals surface area contributed by atoms with Crippen molar-refractivity contribution in [2.24, 2.45) is 0 Å². The molecule has 0 bridgehead atoms. The monoisotopic (exact) mass is 421 g/mol. The van der Waals surface area contributed by atoms with Gasteiger partial charge in [-0.1, -0.05) is 25.1 Å². The van der Waals surface area contributed by atoms with Crippen molar-refractivity contribution < 1.29 is 22.4 Å². The number of ether oxygens (including phenoxy) is 1. The van der Waals surface area contributed by atoms with Gasteiger partial charge < -0.3 is 9.15 Å². The second kappa shape index (κ2) is 8.68. The molecule has 28 heavy (non-hydrogen) atoms. The summed E-state index contributed by atoms with van der Waals surface area (Å²) in [6.07, 6.45) is 0.685. The van der Waals surface area contributed by atoms with Crippen LogP contribution in [-0.4, -0.2) is 20.9 Å². The molecule has 2 aromatic heterocycles. The van der Waals surface area contributed by atoms with Crippen LogP contribution in [0.3, 0.4) is 0 Å². The predicted octanol–water partition coefficient (Wildman–Crippen LogP) is 2.83. The molecule has 0 radical (unpaired) electrons. The highest BCUT2D eigenvalue weighted by Crippen LogP contribution is 2.20. The Bertz CT molecular complexity index is 1130. The topological polar surface area (TPSA) is 103 Å². The van der Waals surface area contributed by atoms with Gasteiger partial charge in [-0.3, -0.25) is 4.79 Å². The van der Waals surface area contributed by atoms with Gasteiger partial charge in [0.25, 0.3) is 0 Å². The third-order valence-electron chi connectivity index (χ3n) is 4.07. The van der Waals surface area contributed by atoms with Crippen LogP contribution in [0.2, 0.25) is 0 Å². The zero-order chi connectivity index (χ0) is 20.1. The second-order valence-corrected chi connectivity index (χ2v) is 8.96. The van der Waals surface area contributed by atoms with E-state index >= 15 is 0 Å². The van der Waals surface area contributed by atoms with Gasteiger partial charge in [-0.05, 0) is 29.5 Å². The minimum atomic E-state index is -3.61. The number of thiophene rings is 1. The number of esters is 1. The van der Waals surface area contributed by atoms with E-state index < -0.39 is 21.6 Å². The second-order valence-electron chi connectivity index (χ2n) is 6.02. The van der Waals surface area contributed by atoms with Gasteiger partial charge in [0.1, 0.15) is 16.4 Å². The summed E-state index contributed by atoms with van der Waals surface area (Å²) in [5.74, 6) is -0.569. The molecule has 0 unspecified atom stereocenters. The van der Waals surface area contributed by atoms with Gasteiger partial charge >= 0.3 is 11.6 Å². The van der Waals surface area contributed by atoms with Crippen molar-refractivity contribution >= 4 is 38.3 Å². The van der Waals surface area contributed by atoms with E-state index in [1.54, 1.807) is 17.5 Å². The van der Waals surface area contributed by atoms with Crippen molar-refractivity contribution in [1.82, 2.24) is 4.72 Å². The zero-order valence-electron chi connectivity index (χ0n) is 15.1. The van der Waals surface area contributed by atoms with Gasteiger partial charge in [0.05, 0.1) is 6.42 Å². The summed E-state index contributed by atoms with van der Waals surface area (Å²) < 4.78 is 37.0. The maximum absolute atomic E-state index is 12.0. The molecule has 148 valence electrons. The van der Waals surface area contributed by atoms with Crippen molar-refractivity contribution in [3.05, 3.63) is 63.3 Å². The largest absolute Gasteiger partial charge is 0.461 e. The quantitative estimate of drug-likeness (QED) is 0.443. The first kappa shape index (κ1) is 20.2. The smallest absolute Gasteiger partial charge is 0.336 e. The normalized spacial score (nSPS) is 11.6. The molecule has 0 spiro atoms. The molecule has 0 aliphatic rings. The molecule has 0 aliphatic heterocycles. The molecule has 0 saturated carbocycles. The van der Waals surface area contributed by atoms with E-state index in [1.807, 2.05) is 19.1 Å². The van der Waals surface area contributed by atoms with E-state index in [2.05, 4.69) is 4.72 Å². The fourth-order valence-electron chi connectivity index (χ4n) is 2.62. The molecule has 7 nitrogen and oxygen atoms in total. The van der Waals surface area contributed by atoms with Crippen molar-refractivity contribution in [3.63, 3.8) is 0 Å². The van der Waals surface area contributed by atoms with Crippen LogP contribution >= 0.6 is 11.3 Å². The average molecular weight is 421 g/mol. The summed E-state index contributed by atoms with van der Waals surface area (Å²) >= 11 is 1.10. The molecule has 3 aromatic rings. The van der Waals surface area contributed by atoms with Crippen molar-refractivity contribution in [3.8, 4) is 0 Å². The Morgan fingerprint density at radius 1 is 1.25 bits per heavy atom. The van der Waals surface area contributed by atoms with Crippen molar-refractivity contribution in [2.45, 2.75) is 30.6 Å². The molecular formula is C19H19NO6S2. The van der Waals surface area contributed by atoms with Crippen molar-refractivity contribution in [1.29, 1.82) is 0 Å². The maximum atomic E-state index is 12.0. The number of hydrogen-bond donors (Lipinski definition) is 1. The lowest BCUT2D eigenvalue weighted by Crippen LogP contribution is -2.26. The minimum absolute atomic E-state index is 0.0728. The molecular weight excluding hydrogens is 402 g/mol. The van der Waals surface area contributed by atoms with Gasteiger partial charge in [-0.2, -0.15) is 0 Å². The molecule has 0 atom stereocenters. The summed E-state index contributed by atoms with van der Waals surface area (Å²) in [5, 5.41) is 2.36. The van der Waals surface area contributed by atoms with E-state index in [0.29, 0.717) is 16.5 Å². The fourth-order valence-corrected chi connectivity index (χ4v) is 4.69. The Balaban J connectivity index is 1.59. The average Bonchev–Trinajstić information content (AvgIpc) is 3.21. The van der Waals surface area contributed by atoms with Gasteiger partial charge in [0, 0.05) is 23.6 Å². The van der Waals surface area contributed by atoms with Crippen LogP contribution in [0.4, 0.5) is 0 Å². The Hall–Kier alpha value is -2.49. The highest BCUT2D eigenvalue weighted by atomic mass is 32.2. The number of rotatable bonds is 8. The van der Waals surface area contributed by atoms with E-state index in [-0.39, 0.29) is 23.8 Å². The van der Waals surface area contributed by atoms with Crippen LogP contribution < -0.4 is 10.3 Å². The van der Waals surface area contributed by atoms with Crippen LogP contribution in [0.15, 0.2) is 55.2 Å². The molecule has 0 amide bonds. The van der Waals surface area contributed by atoms with Gasteiger partial charge in [0.15, 0.2) is 0 Å². The van der Waals surface area contributed by atoms with Crippen LogP contribution in [0, 0.1) is 0 Å². The van der Waals surface area contributed by atoms with E-state index in [1.165, 1.54) is 12.1 Å². The molecule has 0 fully saturated rings. The van der Waals surface area contributed by atoms with Gasteiger partial charge in [-0.25, -0.2) is 17.9 Å². The fraction of sp³-hybridized carbons (Fsp3) is 0.263. The zero-order valence-corrected chi connectivity index (χ0v) is 16.8. The third kappa shape index (κ3) is 4.86. The van der Waals surface area contributed by atoms with E-state index in [4.69, 9.17) is 9.15 Å². The molecule has 9 heteroatoms. The lowest BCUT2D eigenvalue weighted by molar-refractivity contribution is -0.144. The third-order valence-corrected chi connectivity index (χ3v) is 6.93. The van der Waals surface area contributed by atoms with Crippen LogP contribution in [0.25, 0.3) is 11.0 Å². The van der Waals surface area contributed by atoms with Crippen LogP contribution in [0.5, 0.6) is 0 Å². The number of nitrogens with one attached hydrogen (secondary N) is 1. The Labute approximate surface area is 166 Å². The number of fused-ring (bicyclic) bond motifs is 1. The van der Waals surface area contributed by atoms with Gasteiger partial charge in [0.2, 0.25) is 10.0 Å². The highest BCUT2D eigenvalue weighted by Gasteiger charge is 2.15. The number of benzene rings is 1. The van der Waals surface area contributed by atoms with E-state index in [0.717, 1.165) is 23.3 Å². The van der Waals surface area contributed by atoms with Crippen LogP contribution in [-0.2, 0) is 32.6 Å². The number of hydrogen-bond acceptors (Lipinski definition) is 7. The SMILES string of the molecule is CCc1ccc2c(COC(=O)CCNS(=O)(=O)c3cccs3)cc(=O)oc2c1. The van der Waals surface area contributed by atoms with E-state index in [9.17, 15) is 18.0 Å². The summed E-state index contributed by atoms with van der Waals surface area (Å²) in [6, 6.07) is 9.96. The number of carbonyl (C=O) groups is 1. The Kier molecular flexibility index (Phi) is 6.28. The Morgan fingerprint density at radius 2 is 2.07 bits per heavy atom. The molecule has 0 aliphatic carbocycles. The first-order valence-corrected chi connectivity index (χ1v) is 11.0. The Morgan fingerprint density at radius 3 is 2.79 bits per heavy atom. The molecule has 3 rings (SSSR count). The lowest BCUT2D eigenvalue weighted by atomic mass is 10.1. The number of sulfonamides is 1. The summed E-state index contributed by atoms with van der Waals surface area (Å²) in [4.78, 5) is 23.7. The molecule has 1 aromatic carbocycles. The summed E-state index contributed by atoms with van der Waals surface area (Å²) in [5.41, 5.74) is 1.50. The van der Waals surface area contributed by atoms with Crippen LogP contribution in [0.1, 0.15) is 24.5 Å². The number of carbonyl (C=O) groups excluding carboxylic acids is 1. The highest BCUT2D eigenvalue weighted by molar-refractivity contribution is 7.91. The lowest BCUT2D eigenvalue weighted by Gasteiger charge is -2.08. The summed E-state index contributed by atoms with van der Waals surface area (Å²) in [6.45, 7) is 1.83. The maximum Gasteiger partial charge on any atom is 0.336 e.